The molecule has 2 heterocycles. The van der Waals surface area contributed by atoms with Crippen LogP contribution in [0.1, 0.15) is 5.69 Å². The van der Waals surface area contributed by atoms with Crippen molar-refractivity contribution in [2.45, 2.75) is 6.92 Å². The highest BCUT2D eigenvalue weighted by Gasteiger charge is 1.99. The fraction of sp³-hybridized carbons (Fsp3) is 0.125. The lowest BCUT2D eigenvalue weighted by Gasteiger charge is -1.96. The van der Waals surface area contributed by atoms with E-state index in [2.05, 4.69) is 15.0 Å². The SMILES string of the molecule is Cc1ccc2[nH]c(=O)c(=O)[nH]c2n1. The number of pyridine rings is 1. The van der Waals surface area contributed by atoms with Crippen molar-refractivity contribution in [3.05, 3.63) is 38.5 Å². The summed E-state index contributed by atoms with van der Waals surface area (Å²) < 4.78 is 0. The first-order chi connectivity index (χ1) is 6.16. The van der Waals surface area contributed by atoms with Crippen molar-refractivity contribution < 1.29 is 0 Å². The molecule has 0 fully saturated rings. The van der Waals surface area contributed by atoms with Crippen molar-refractivity contribution in [2.24, 2.45) is 0 Å². The second-order valence-electron chi connectivity index (χ2n) is 2.76. The van der Waals surface area contributed by atoms with E-state index in [0.717, 1.165) is 5.69 Å². The lowest BCUT2D eigenvalue weighted by molar-refractivity contribution is 1.10. The highest BCUT2D eigenvalue weighted by molar-refractivity contribution is 5.68. The number of aromatic amines is 2. The van der Waals surface area contributed by atoms with Crippen LogP contribution in [0, 0.1) is 6.92 Å². The largest absolute Gasteiger partial charge is 0.315 e. The lowest BCUT2D eigenvalue weighted by Crippen LogP contribution is -2.29. The summed E-state index contributed by atoms with van der Waals surface area (Å²) in [6.07, 6.45) is 0. The summed E-state index contributed by atoms with van der Waals surface area (Å²) >= 11 is 0. The van der Waals surface area contributed by atoms with Gasteiger partial charge in [-0.05, 0) is 19.1 Å². The molecular formula is C8H7N3O2. The van der Waals surface area contributed by atoms with Gasteiger partial charge in [0.25, 0.3) is 0 Å². The van der Waals surface area contributed by atoms with Gasteiger partial charge in [-0.15, -0.1) is 0 Å². The average molecular weight is 177 g/mol. The Bertz CT molecular complexity index is 567. The summed E-state index contributed by atoms with van der Waals surface area (Å²) in [5.74, 6) is 0. The van der Waals surface area contributed by atoms with Crippen LogP contribution in [0.2, 0.25) is 0 Å². The number of aromatic nitrogens is 3. The molecule has 0 aliphatic rings. The first kappa shape index (κ1) is 7.72. The highest BCUT2D eigenvalue weighted by Crippen LogP contribution is 2.02. The van der Waals surface area contributed by atoms with Crippen LogP contribution in [-0.4, -0.2) is 15.0 Å². The van der Waals surface area contributed by atoms with Gasteiger partial charge in [0.1, 0.15) is 0 Å². The topological polar surface area (TPSA) is 78.6 Å². The number of fused-ring (bicyclic) bond motifs is 1. The van der Waals surface area contributed by atoms with Gasteiger partial charge in [0.15, 0.2) is 5.65 Å². The molecule has 2 aromatic heterocycles. The molecule has 0 amide bonds. The predicted octanol–water partition coefficient (Wildman–Crippen LogP) is -0.0802. The second-order valence-corrected chi connectivity index (χ2v) is 2.76. The molecule has 66 valence electrons. The van der Waals surface area contributed by atoms with Gasteiger partial charge in [-0.2, -0.15) is 0 Å². The fourth-order valence-corrected chi connectivity index (χ4v) is 1.10. The minimum Gasteiger partial charge on any atom is -0.315 e. The first-order valence-corrected chi connectivity index (χ1v) is 3.77. The molecule has 0 spiro atoms. The van der Waals surface area contributed by atoms with Gasteiger partial charge in [0, 0.05) is 5.69 Å². The standard InChI is InChI=1S/C8H7N3O2/c1-4-2-3-5-6(9-4)11-8(13)7(12)10-5/h2-3H,1H3,(H,10,12)(H,9,11,13). The molecule has 0 unspecified atom stereocenters. The van der Waals surface area contributed by atoms with E-state index in [9.17, 15) is 9.59 Å². The van der Waals surface area contributed by atoms with Crippen LogP contribution in [0.5, 0.6) is 0 Å². The molecule has 5 nitrogen and oxygen atoms in total. The van der Waals surface area contributed by atoms with E-state index in [-0.39, 0.29) is 0 Å². The molecule has 0 aromatic carbocycles. The summed E-state index contributed by atoms with van der Waals surface area (Å²) in [4.78, 5) is 30.7. The van der Waals surface area contributed by atoms with E-state index in [0.29, 0.717) is 11.2 Å². The van der Waals surface area contributed by atoms with Crippen molar-refractivity contribution in [1.82, 2.24) is 15.0 Å². The number of nitrogens with zero attached hydrogens (tertiary/aromatic N) is 1. The summed E-state index contributed by atoms with van der Waals surface area (Å²) in [6.45, 7) is 1.81. The number of hydrogen-bond donors (Lipinski definition) is 2. The van der Waals surface area contributed by atoms with Gasteiger partial charge in [-0.25, -0.2) is 4.98 Å². The molecule has 0 radical (unpaired) electrons. The molecule has 0 saturated heterocycles. The van der Waals surface area contributed by atoms with Crippen molar-refractivity contribution in [3.63, 3.8) is 0 Å². The van der Waals surface area contributed by atoms with Gasteiger partial charge in [-0.1, -0.05) is 0 Å². The number of H-pyrrole nitrogens is 2. The highest BCUT2D eigenvalue weighted by atomic mass is 16.2. The summed E-state index contributed by atoms with van der Waals surface area (Å²) in [6, 6.07) is 3.46. The molecular weight excluding hydrogens is 170 g/mol. The summed E-state index contributed by atoms with van der Waals surface area (Å²) in [7, 11) is 0. The van der Waals surface area contributed by atoms with Crippen LogP contribution in [0.4, 0.5) is 0 Å². The second kappa shape index (κ2) is 2.55. The molecule has 13 heavy (non-hydrogen) atoms. The Morgan fingerprint density at radius 2 is 1.85 bits per heavy atom. The number of aryl methyl sites for hydroxylation is 1. The van der Waals surface area contributed by atoms with Gasteiger partial charge >= 0.3 is 11.1 Å². The van der Waals surface area contributed by atoms with Crippen molar-refractivity contribution in [1.29, 1.82) is 0 Å². The minimum atomic E-state index is -0.675. The third kappa shape index (κ3) is 1.24. The number of hydrogen-bond acceptors (Lipinski definition) is 3. The van der Waals surface area contributed by atoms with Crippen LogP contribution in [0.15, 0.2) is 21.7 Å². The number of nitrogens with one attached hydrogen (secondary N) is 2. The molecule has 0 aliphatic heterocycles. The van der Waals surface area contributed by atoms with Crippen LogP contribution < -0.4 is 11.1 Å². The van der Waals surface area contributed by atoms with Crippen molar-refractivity contribution in [2.75, 3.05) is 0 Å². The van der Waals surface area contributed by atoms with Gasteiger partial charge in [0.2, 0.25) is 0 Å². The van der Waals surface area contributed by atoms with E-state index in [1.807, 2.05) is 6.92 Å². The Labute approximate surface area is 72.5 Å². The number of rotatable bonds is 0. The summed E-state index contributed by atoms with van der Waals surface area (Å²) in [5, 5.41) is 0. The smallest absolute Gasteiger partial charge is 0.315 e. The van der Waals surface area contributed by atoms with Crippen molar-refractivity contribution in [3.8, 4) is 0 Å². The monoisotopic (exact) mass is 177 g/mol. The maximum Gasteiger partial charge on any atom is 0.315 e. The van der Waals surface area contributed by atoms with Gasteiger partial charge in [0.05, 0.1) is 5.52 Å². The Morgan fingerprint density at radius 3 is 2.62 bits per heavy atom. The van der Waals surface area contributed by atoms with E-state index < -0.39 is 11.1 Å². The fourth-order valence-electron chi connectivity index (χ4n) is 1.10. The first-order valence-electron chi connectivity index (χ1n) is 3.77. The predicted molar refractivity (Wildman–Crippen MR) is 47.7 cm³/mol. The third-order valence-corrected chi connectivity index (χ3v) is 1.72. The zero-order chi connectivity index (χ0) is 9.42. The molecule has 2 aromatic rings. The minimum absolute atomic E-state index is 0.407. The molecule has 2 rings (SSSR count). The Hall–Kier alpha value is -1.91. The molecule has 0 bridgehead atoms. The quantitative estimate of drug-likeness (QED) is 0.552. The molecule has 2 N–H and O–H groups in total. The van der Waals surface area contributed by atoms with Gasteiger partial charge < -0.3 is 9.97 Å². The van der Waals surface area contributed by atoms with E-state index in [1.54, 1.807) is 12.1 Å². The van der Waals surface area contributed by atoms with Crippen LogP contribution in [-0.2, 0) is 0 Å². The molecule has 0 aliphatic carbocycles. The van der Waals surface area contributed by atoms with Gasteiger partial charge in [-0.3, -0.25) is 9.59 Å². The Kier molecular flexibility index (Phi) is 1.51. The van der Waals surface area contributed by atoms with Crippen LogP contribution in [0.3, 0.4) is 0 Å². The normalized spacial score (nSPS) is 10.5. The maximum absolute atomic E-state index is 10.9. The van der Waals surface area contributed by atoms with Crippen LogP contribution >= 0.6 is 0 Å². The van der Waals surface area contributed by atoms with E-state index in [1.165, 1.54) is 0 Å². The Balaban J connectivity index is 2.97. The van der Waals surface area contributed by atoms with E-state index >= 15 is 0 Å². The van der Waals surface area contributed by atoms with E-state index in [4.69, 9.17) is 0 Å². The Morgan fingerprint density at radius 1 is 1.15 bits per heavy atom. The summed E-state index contributed by atoms with van der Waals surface area (Å²) in [5.41, 5.74) is 0.402. The lowest BCUT2D eigenvalue weighted by atomic mass is 10.3. The van der Waals surface area contributed by atoms with Crippen LogP contribution in [0.25, 0.3) is 11.2 Å². The molecule has 0 saturated carbocycles. The zero-order valence-corrected chi connectivity index (χ0v) is 6.92. The van der Waals surface area contributed by atoms with Crippen molar-refractivity contribution >= 4 is 11.2 Å². The third-order valence-electron chi connectivity index (χ3n) is 1.72. The molecule has 5 heteroatoms. The maximum atomic E-state index is 10.9. The average Bonchev–Trinajstić information content (AvgIpc) is 2.08. The zero-order valence-electron chi connectivity index (χ0n) is 6.92. The molecule has 0 atom stereocenters.